The topological polar surface area (TPSA) is 109 Å². The molecule has 1 N–H and O–H groups in total. The van der Waals surface area contributed by atoms with Gasteiger partial charge < -0.3 is 9.73 Å². The Labute approximate surface area is 125 Å². The molecule has 7 heteroatoms. The van der Waals surface area contributed by atoms with Crippen molar-refractivity contribution < 1.29 is 14.1 Å². The first kappa shape index (κ1) is 15.0. The molecule has 1 aromatic heterocycles. The third kappa shape index (κ3) is 3.19. The second-order valence-corrected chi connectivity index (χ2v) is 4.26. The SMILES string of the molecule is CNC(=O)/C(C#N)=C\c1ccc(-c2cccc([N+](=O)[O-])c2)o1. The molecule has 0 aliphatic rings. The Hall–Kier alpha value is -3.40. The molecule has 7 nitrogen and oxygen atoms in total. The third-order valence-electron chi connectivity index (χ3n) is 2.85. The molecule has 0 spiro atoms. The Morgan fingerprint density at radius 3 is 2.82 bits per heavy atom. The first-order chi connectivity index (χ1) is 10.5. The highest BCUT2D eigenvalue weighted by Gasteiger charge is 2.11. The van der Waals surface area contributed by atoms with E-state index in [-0.39, 0.29) is 11.3 Å². The van der Waals surface area contributed by atoms with Crippen LogP contribution in [0.15, 0.2) is 46.4 Å². The van der Waals surface area contributed by atoms with Crippen LogP contribution in [-0.2, 0) is 4.79 Å². The number of non-ortho nitro benzene ring substituents is 1. The van der Waals surface area contributed by atoms with Crippen LogP contribution >= 0.6 is 0 Å². The van der Waals surface area contributed by atoms with Gasteiger partial charge in [-0.2, -0.15) is 5.26 Å². The fraction of sp³-hybridized carbons (Fsp3) is 0.0667. The number of carbonyl (C=O) groups excluding carboxylic acids is 1. The number of hydrogen-bond acceptors (Lipinski definition) is 5. The number of amides is 1. The van der Waals surface area contributed by atoms with Gasteiger partial charge in [-0.15, -0.1) is 0 Å². The molecule has 0 saturated heterocycles. The van der Waals surface area contributed by atoms with Gasteiger partial charge in [0, 0.05) is 30.8 Å². The number of nitro benzene ring substituents is 1. The van der Waals surface area contributed by atoms with Gasteiger partial charge in [-0.1, -0.05) is 12.1 Å². The van der Waals surface area contributed by atoms with Gasteiger partial charge in [0.15, 0.2) is 0 Å². The van der Waals surface area contributed by atoms with Gasteiger partial charge in [0.25, 0.3) is 11.6 Å². The van der Waals surface area contributed by atoms with Crippen LogP contribution in [0.5, 0.6) is 0 Å². The van der Waals surface area contributed by atoms with Gasteiger partial charge in [-0.05, 0) is 12.1 Å². The second-order valence-electron chi connectivity index (χ2n) is 4.26. The summed E-state index contributed by atoms with van der Waals surface area (Å²) in [7, 11) is 1.42. The number of nitrogens with zero attached hydrogens (tertiary/aromatic N) is 2. The smallest absolute Gasteiger partial charge is 0.270 e. The lowest BCUT2D eigenvalue weighted by Gasteiger charge is -1.97. The fourth-order valence-electron chi connectivity index (χ4n) is 1.78. The average Bonchev–Trinajstić information content (AvgIpc) is 3.00. The summed E-state index contributed by atoms with van der Waals surface area (Å²) in [5.74, 6) is 0.196. The molecule has 1 amide bonds. The van der Waals surface area contributed by atoms with Gasteiger partial charge in [0.2, 0.25) is 0 Å². The van der Waals surface area contributed by atoms with Crippen molar-refractivity contribution in [2.24, 2.45) is 0 Å². The number of carbonyl (C=O) groups is 1. The van der Waals surface area contributed by atoms with Crippen LogP contribution in [0.4, 0.5) is 5.69 Å². The molecule has 110 valence electrons. The summed E-state index contributed by atoms with van der Waals surface area (Å²) in [5.41, 5.74) is 0.392. The van der Waals surface area contributed by atoms with E-state index in [1.165, 1.54) is 25.3 Å². The van der Waals surface area contributed by atoms with Crippen molar-refractivity contribution >= 4 is 17.7 Å². The maximum Gasteiger partial charge on any atom is 0.270 e. The molecule has 0 aliphatic carbocycles. The lowest BCUT2D eigenvalue weighted by molar-refractivity contribution is -0.384. The van der Waals surface area contributed by atoms with Crippen molar-refractivity contribution in [1.29, 1.82) is 5.26 Å². The molecule has 0 saturated carbocycles. The number of nitrogens with one attached hydrogen (secondary N) is 1. The predicted octanol–water partition coefficient (Wildman–Crippen LogP) is 2.51. The lowest BCUT2D eigenvalue weighted by atomic mass is 10.1. The summed E-state index contributed by atoms with van der Waals surface area (Å²) >= 11 is 0. The first-order valence-electron chi connectivity index (χ1n) is 6.23. The van der Waals surface area contributed by atoms with E-state index in [2.05, 4.69) is 5.32 Å². The lowest BCUT2D eigenvalue weighted by Crippen LogP contribution is -2.18. The summed E-state index contributed by atoms with van der Waals surface area (Å²) in [6, 6.07) is 11.0. The molecule has 0 bridgehead atoms. The van der Waals surface area contributed by atoms with E-state index in [1.807, 2.05) is 0 Å². The van der Waals surface area contributed by atoms with E-state index in [4.69, 9.17) is 9.68 Å². The minimum absolute atomic E-state index is 0.0472. The van der Waals surface area contributed by atoms with Gasteiger partial charge in [0.05, 0.1) is 4.92 Å². The van der Waals surface area contributed by atoms with Crippen molar-refractivity contribution in [2.75, 3.05) is 7.05 Å². The van der Waals surface area contributed by atoms with Crippen LogP contribution in [0.25, 0.3) is 17.4 Å². The Balaban J connectivity index is 2.34. The van der Waals surface area contributed by atoms with Gasteiger partial charge >= 0.3 is 0 Å². The highest BCUT2D eigenvalue weighted by molar-refractivity contribution is 6.01. The molecular weight excluding hydrogens is 286 g/mol. The van der Waals surface area contributed by atoms with Gasteiger partial charge in [-0.3, -0.25) is 14.9 Å². The molecule has 0 radical (unpaired) electrons. The Morgan fingerprint density at radius 2 is 2.18 bits per heavy atom. The normalized spacial score (nSPS) is 10.8. The number of hydrogen-bond donors (Lipinski definition) is 1. The van der Waals surface area contributed by atoms with Crippen LogP contribution < -0.4 is 5.32 Å². The number of nitro groups is 1. The molecule has 0 unspecified atom stereocenters. The standard InChI is InChI=1S/C15H11N3O4/c1-17-15(19)11(9-16)8-13-5-6-14(22-13)10-3-2-4-12(7-10)18(20)21/h2-8H,1H3,(H,17,19)/b11-8-. The highest BCUT2D eigenvalue weighted by Crippen LogP contribution is 2.26. The zero-order chi connectivity index (χ0) is 16.1. The zero-order valence-corrected chi connectivity index (χ0v) is 11.6. The minimum Gasteiger partial charge on any atom is -0.457 e. The van der Waals surface area contributed by atoms with Crippen molar-refractivity contribution in [3.63, 3.8) is 0 Å². The molecule has 0 aliphatic heterocycles. The van der Waals surface area contributed by atoms with E-state index >= 15 is 0 Å². The maximum absolute atomic E-state index is 11.4. The molecular formula is C15H11N3O4. The van der Waals surface area contributed by atoms with Crippen LogP contribution in [0.1, 0.15) is 5.76 Å². The molecule has 1 aromatic carbocycles. The van der Waals surface area contributed by atoms with Gasteiger partial charge in [0.1, 0.15) is 23.2 Å². The van der Waals surface area contributed by atoms with E-state index < -0.39 is 10.8 Å². The Kier molecular flexibility index (Phi) is 4.34. The number of likely N-dealkylation sites (N-methyl/N-ethyl adjacent to an activating group) is 1. The highest BCUT2D eigenvalue weighted by atomic mass is 16.6. The van der Waals surface area contributed by atoms with Crippen molar-refractivity contribution in [1.82, 2.24) is 5.32 Å². The largest absolute Gasteiger partial charge is 0.457 e. The van der Waals surface area contributed by atoms with Crippen LogP contribution in [0, 0.1) is 21.4 Å². The molecule has 2 rings (SSSR count). The van der Waals surface area contributed by atoms with Crippen molar-refractivity contribution in [3.05, 3.63) is 57.8 Å². The summed E-state index contributed by atoms with van der Waals surface area (Å²) in [5, 5.41) is 22.0. The van der Waals surface area contributed by atoms with Crippen LogP contribution in [0.3, 0.4) is 0 Å². The van der Waals surface area contributed by atoms with Gasteiger partial charge in [-0.25, -0.2) is 0 Å². The molecule has 22 heavy (non-hydrogen) atoms. The number of benzene rings is 1. The first-order valence-corrected chi connectivity index (χ1v) is 6.23. The molecule has 0 atom stereocenters. The van der Waals surface area contributed by atoms with E-state index in [0.717, 1.165) is 0 Å². The summed E-state index contributed by atoms with van der Waals surface area (Å²) in [6.45, 7) is 0. The summed E-state index contributed by atoms with van der Waals surface area (Å²) in [4.78, 5) is 21.7. The second kappa shape index (κ2) is 6.37. The Bertz CT molecular complexity index is 799. The van der Waals surface area contributed by atoms with Crippen molar-refractivity contribution in [3.8, 4) is 17.4 Å². The zero-order valence-electron chi connectivity index (χ0n) is 11.6. The van der Waals surface area contributed by atoms with E-state index in [1.54, 1.807) is 30.3 Å². The van der Waals surface area contributed by atoms with E-state index in [9.17, 15) is 14.9 Å². The van der Waals surface area contributed by atoms with Crippen molar-refractivity contribution in [2.45, 2.75) is 0 Å². The average molecular weight is 297 g/mol. The quantitative estimate of drug-likeness (QED) is 0.403. The Morgan fingerprint density at radius 1 is 1.41 bits per heavy atom. The molecule has 1 heterocycles. The van der Waals surface area contributed by atoms with Crippen LogP contribution in [0.2, 0.25) is 0 Å². The number of rotatable bonds is 4. The minimum atomic E-state index is -0.518. The molecule has 0 fully saturated rings. The maximum atomic E-state index is 11.4. The number of furan rings is 1. The monoisotopic (exact) mass is 297 g/mol. The summed E-state index contributed by atoms with van der Waals surface area (Å²) < 4.78 is 5.50. The predicted molar refractivity (Wildman–Crippen MR) is 78.5 cm³/mol. The van der Waals surface area contributed by atoms with E-state index in [0.29, 0.717) is 17.1 Å². The summed E-state index contributed by atoms with van der Waals surface area (Å²) in [6.07, 6.45) is 1.31. The number of nitriles is 1. The molecule has 2 aromatic rings. The van der Waals surface area contributed by atoms with Crippen LogP contribution in [-0.4, -0.2) is 17.9 Å². The fourth-order valence-corrected chi connectivity index (χ4v) is 1.78. The third-order valence-corrected chi connectivity index (χ3v) is 2.85.